The molecule has 0 saturated carbocycles. The van der Waals surface area contributed by atoms with Crippen LogP contribution in [0.4, 0.5) is 5.82 Å². The number of ether oxygens (including phenoxy) is 1. The monoisotopic (exact) mass is 487 g/mol. The molecule has 37 heavy (non-hydrogen) atoms. The van der Waals surface area contributed by atoms with Gasteiger partial charge in [-0.15, -0.1) is 0 Å². The Hall–Kier alpha value is -4.58. The number of nitrogens with two attached hydrogens (primary N) is 1. The van der Waals surface area contributed by atoms with E-state index < -0.39 is 0 Å². The maximum absolute atomic E-state index is 13.1. The van der Waals surface area contributed by atoms with Gasteiger partial charge in [-0.05, 0) is 77.6 Å². The summed E-state index contributed by atoms with van der Waals surface area (Å²) in [4.78, 5) is 21.8. The van der Waals surface area contributed by atoms with E-state index in [0.29, 0.717) is 23.3 Å². The van der Waals surface area contributed by atoms with Gasteiger partial charge in [0.1, 0.15) is 35.8 Å². The lowest BCUT2D eigenvalue weighted by molar-refractivity contribution is 0.0857. The van der Waals surface area contributed by atoms with Crippen LogP contribution < -0.4 is 21.8 Å². The number of fused-ring (bicyclic) bond motifs is 9. The van der Waals surface area contributed by atoms with E-state index >= 15 is 0 Å². The Balaban J connectivity index is 1.18. The number of hydrogen-bond acceptors (Lipinski definition) is 6. The smallest absolute Gasteiger partial charge is 0.270 e. The van der Waals surface area contributed by atoms with Crippen LogP contribution in [0.15, 0.2) is 59.4 Å². The lowest BCUT2D eigenvalue weighted by atomic mass is 9.83. The third-order valence-corrected chi connectivity index (χ3v) is 7.44. The number of aryl methyl sites for hydroxylation is 2. The van der Waals surface area contributed by atoms with Crippen molar-refractivity contribution in [2.75, 3.05) is 5.73 Å². The van der Waals surface area contributed by atoms with Gasteiger partial charge in [0, 0.05) is 29.4 Å². The maximum Gasteiger partial charge on any atom is 0.270 e. The van der Waals surface area contributed by atoms with Gasteiger partial charge in [0.2, 0.25) is 11.7 Å². The molecular weight excluding hydrogens is 464 g/mol. The Morgan fingerprint density at radius 3 is 2.68 bits per heavy atom. The van der Waals surface area contributed by atoms with Gasteiger partial charge in [-0.3, -0.25) is 4.79 Å². The summed E-state index contributed by atoms with van der Waals surface area (Å²) in [6.07, 6.45) is 7.98. The minimum absolute atomic E-state index is 0.123. The van der Waals surface area contributed by atoms with Crippen molar-refractivity contribution in [3.63, 3.8) is 0 Å². The molecule has 0 saturated heterocycles. The molecular formula is C30H23N4O3+. The van der Waals surface area contributed by atoms with Crippen molar-refractivity contribution in [1.29, 1.82) is 0 Å². The lowest BCUT2D eigenvalue weighted by Gasteiger charge is -2.17. The minimum atomic E-state index is -0.214. The Labute approximate surface area is 213 Å². The first-order chi connectivity index (χ1) is 18.0. The second-order valence-corrected chi connectivity index (χ2v) is 9.63. The first-order valence-electron chi connectivity index (χ1n) is 12.2. The van der Waals surface area contributed by atoms with Crippen LogP contribution in [0.5, 0.6) is 0 Å². The van der Waals surface area contributed by atoms with Crippen LogP contribution in [0.2, 0.25) is 0 Å². The largest absolute Gasteiger partial charge is 0.384 e. The molecule has 7 nitrogen and oxygen atoms in total. The molecule has 2 aromatic carbocycles. The van der Waals surface area contributed by atoms with E-state index in [0.717, 1.165) is 55.6 Å². The summed E-state index contributed by atoms with van der Waals surface area (Å²) in [5.74, 6) is 0.349. The van der Waals surface area contributed by atoms with E-state index in [1.807, 2.05) is 44.2 Å². The Morgan fingerprint density at radius 2 is 1.84 bits per heavy atom. The van der Waals surface area contributed by atoms with Gasteiger partial charge in [-0.1, -0.05) is 12.1 Å². The van der Waals surface area contributed by atoms with Gasteiger partial charge in [-0.25, -0.2) is 4.98 Å². The first kappa shape index (κ1) is 21.7. The molecule has 0 spiro atoms. The molecule has 2 unspecified atom stereocenters. The van der Waals surface area contributed by atoms with Crippen molar-refractivity contribution in [3.8, 4) is 0 Å². The molecule has 2 aromatic heterocycles. The van der Waals surface area contributed by atoms with Crippen molar-refractivity contribution < 1.29 is 13.9 Å². The van der Waals surface area contributed by atoms with E-state index in [4.69, 9.17) is 14.9 Å². The molecule has 7 rings (SSSR count). The molecule has 1 aliphatic carbocycles. The van der Waals surface area contributed by atoms with Crippen molar-refractivity contribution in [3.05, 3.63) is 122 Å². The Morgan fingerprint density at radius 1 is 1.05 bits per heavy atom. The standard InChI is InChI=1S/C30H22N4O3/c1-15-10-26(31)34-16(2)24(15)13-32-30(35)18-7-9-21-23(12-18)29-22-11-17(6-8-20(22)28(21)37-29)19-4-3-5-25-27(19)33-14-36-25/h4-12,14,28-29H,13H2,1-2H3,(H2-,31,32,34,35)/p+1. The third kappa shape index (κ3) is 3.33. The summed E-state index contributed by atoms with van der Waals surface area (Å²) in [7, 11) is 0. The third-order valence-electron chi connectivity index (χ3n) is 7.44. The number of nitrogen functional groups attached to an aromatic ring is 1. The molecule has 2 aliphatic heterocycles. The highest BCUT2D eigenvalue weighted by Crippen LogP contribution is 2.54. The van der Waals surface area contributed by atoms with Crippen molar-refractivity contribution in [2.24, 2.45) is 0 Å². The number of amides is 1. The van der Waals surface area contributed by atoms with Crippen LogP contribution in [0, 0.1) is 19.9 Å². The van der Waals surface area contributed by atoms with Crippen molar-refractivity contribution in [2.45, 2.75) is 32.6 Å². The van der Waals surface area contributed by atoms with Gasteiger partial charge in [-0.2, -0.15) is 4.98 Å². The number of rotatable bonds is 4. The van der Waals surface area contributed by atoms with Crippen LogP contribution in [0.25, 0.3) is 11.6 Å². The molecule has 1 amide bonds. The number of allylic oxidation sites excluding steroid dienone is 2. The zero-order valence-electron chi connectivity index (χ0n) is 20.3. The van der Waals surface area contributed by atoms with Gasteiger partial charge in [0.05, 0.1) is 0 Å². The summed E-state index contributed by atoms with van der Waals surface area (Å²) in [5.41, 5.74) is 16.4. The minimum Gasteiger partial charge on any atom is -0.384 e. The fourth-order valence-corrected chi connectivity index (χ4v) is 5.63. The quantitative estimate of drug-likeness (QED) is 0.429. The summed E-state index contributed by atoms with van der Waals surface area (Å²) < 4.78 is 11.8. The molecule has 2 bridgehead atoms. The average molecular weight is 488 g/mol. The molecule has 180 valence electrons. The summed E-state index contributed by atoms with van der Waals surface area (Å²) in [5, 5.41) is 3.85. The van der Waals surface area contributed by atoms with Crippen LogP contribution in [0.1, 0.15) is 67.2 Å². The van der Waals surface area contributed by atoms with E-state index in [-0.39, 0.29) is 18.1 Å². The number of hydrogen-bond donors (Lipinski definition) is 2. The molecule has 0 radical (unpaired) electrons. The van der Waals surface area contributed by atoms with Crippen molar-refractivity contribution >= 4 is 23.4 Å². The second kappa shape index (κ2) is 7.96. The number of anilines is 1. The summed E-state index contributed by atoms with van der Waals surface area (Å²) >= 11 is 0. The molecule has 3 N–H and O–H groups in total. The normalized spacial score (nSPS) is 18.1. The van der Waals surface area contributed by atoms with Gasteiger partial charge in [0.15, 0.2) is 0 Å². The van der Waals surface area contributed by atoms with E-state index in [1.54, 1.807) is 6.08 Å². The first-order valence-corrected chi connectivity index (χ1v) is 12.2. The highest BCUT2D eigenvalue weighted by Gasteiger charge is 2.43. The maximum atomic E-state index is 13.1. The lowest BCUT2D eigenvalue weighted by Crippen LogP contribution is -2.26. The number of carbonyl (C=O) groups excluding carboxylic acids is 1. The zero-order chi connectivity index (χ0) is 25.3. The van der Waals surface area contributed by atoms with E-state index in [1.165, 1.54) is 6.39 Å². The molecule has 4 heterocycles. The molecule has 2 atom stereocenters. The fourth-order valence-electron chi connectivity index (χ4n) is 5.63. The summed E-state index contributed by atoms with van der Waals surface area (Å²) in [6, 6.07) is 14.0. The number of pyridine rings is 1. The van der Waals surface area contributed by atoms with Gasteiger partial charge in [0.25, 0.3) is 11.3 Å². The number of nitrogens with one attached hydrogen (secondary N) is 1. The predicted molar refractivity (Wildman–Crippen MR) is 137 cm³/mol. The number of carbonyl (C=O) groups is 1. The average Bonchev–Trinajstić information content (AvgIpc) is 3.61. The number of oxazole rings is 1. The predicted octanol–water partition coefficient (Wildman–Crippen LogP) is 3.07. The second-order valence-electron chi connectivity index (χ2n) is 9.63. The topological polar surface area (TPSA) is 103 Å². The Kier molecular flexibility index (Phi) is 4.67. The zero-order valence-corrected chi connectivity index (χ0v) is 20.3. The molecule has 7 heteroatoms. The van der Waals surface area contributed by atoms with Gasteiger partial charge < -0.3 is 20.2 Å². The highest BCUT2D eigenvalue weighted by molar-refractivity contribution is 5.94. The Bertz CT molecular complexity index is 1760. The molecule has 3 aliphatic rings. The summed E-state index contributed by atoms with van der Waals surface area (Å²) in [6.45, 7) is 4.27. The van der Waals surface area contributed by atoms with Crippen molar-refractivity contribution in [1.82, 2.24) is 15.3 Å². The SMILES string of the molecule is Cc1cc(N)nc(C)c1CNC(=O)c1ccc2c(c1)C1OC2c2ccc(C3=c4ncoc4=C[C+]=C3)cc21. The van der Waals surface area contributed by atoms with E-state index in [9.17, 15) is 4.79 Å². The number of aromatic nitrogens is 2. The molecule has 4 aromatic rings. The van der Waals surface area contributed by atoms with Crippen LogP contribution >= 0.6 is 0 Å². The number of benzene rings is 2. The van der Waals surface area contributed by atoms with Crippen LogP contribution in [0.3, 0.4) is 0 Å². The molecule has 0 fully saturated rings. The number of nitrogens with zero attached hydrogens (tertiary/aromatic N) is 2. The van der Waals surface area contributed by atoms with Crippen LogP contribution in [-0.2, 0) is 11.3 Å². The van der Waals surface area contributed by atoms with Gasteiger partial charge >= 0.3 is 0 Å². The van der Waals surface area contributed by atoms with E-state index in [2.05, 4.69) is 39.6 Å². The van der Waals surface area contributed by atoms with Crippen LogP contribution in [-0.4, -0.2) is 15.9 Å². The fraction of sp³-hybridized carbons (Fsp3) is 0.167. The highest BCUT2D eigenvalue weighted by atomic mass is 16.5.